The molecule has 0 radical (unpaired) electrons. The SMILES string of the molecule is CN(CCOc1cc(F)c(Cl)cc1N)C1CC1. The van der Waals surface area contributed by atoms with E-state index in [2.05, 4.69) is 11.9 Å². The van der Waals surface area contributed by atoms with Gasteiger partial charge in [-0.1, -0.05) is 11.6 Å². The van der Waals surface area contributed by atoms with E-state index in [4.69, 9.17) is 22.1 Å². The normalized spacial score (nSPS) is 15.3. The van der Waals surface area contributed by atoms with Crippen LogP contribution in [0.1, 0.15) is 12.8 Å². The Bertz CT molecular complexity index is 410. The van der Waals surface area contributed by atoms with E-state index < -0.39 is 5.82 Å². The molecule has 0 aromatic heterocycles. The summed E-state index contributed by atoms with van der Waals surface area (Å²) in [6.07, 6.45) is 2.52. The van der Waals surface area contributed by atoms with Gasteiger partial charge in [-0.2, -0.15) is 0 Å². The number of likely N-dealkylation sites (N-methyl/N-ethyl adjacent to an activating group) is 1. The van der Waals surface area contributed by atoms with E-state index in [0.29, 0.717) is 24.1 Å². The van der Waals surface area contributed by atoms with Crippen molar-refractivity contribution >= 4 is 17.3 Å². The smallest absolute Gasteiger partial charge is 0.145 e. The van der Waals surface area contributed by atoms with Crippen LogP contribution in [-0.4, -0.2) is 31.1 Å². The Labute approximate surface area is 105 Å². The Morgan fingerprint density at radius 3 is 2.88 bits per heavy atom. The molecular weight excluding hydrogens is 243 g/mol. The highest BCUT2D eigenvalue weighted by Crippen LogP contribution is 2.28. The third-order valence-corrected chi connectivity index (χ3v) is 3.21. The molecule has 1 aromatic rings. The van der Waals surface area contributed by atoms with E-state index in [1.54, 1.807) is 0 Å². The van der Waals surface area contributed by atoms with Gasteiger partial charge in [0, 0.05) is 18.7 Å². The molecule has 0 heterocycles. The number of nitrogen functional groups attached to an aromatic ring is 1. The van der Waals surface area contributed by atoms with Gasteiger partial charge in [0.05, 0.1) is 10.7 Å². The van der Waals surface area contributed by atoms with E-state index in [0.717, 1.165) is 6.54 Å². The average Bonchev–Trinajstić information content (AvgIpc) is 3.09. The molecule has 5 heteroatoms. The van der Waals surface area contributed by atoms with Crippen LogP contribution in [0.3, 0.4) is 0 Å². The molecule has 0 saturated heterocycles. The number of ether oxygens (including phenoxy) is 1. The Hall–Kier alpha value is -1.00. The van der Waals surface area contributed by atoms with Gasteiger partial charge in [-0.3, -0.25) is 0 Å². The van der Waals surface area contributed by atoms with Crippen LogP contribution in [0, 0.1) is 5.82 Å². The van der Waals surface area contributed by atoms with E-state index >= 15 is 0 Å². The molecule has 0 unspecified atom stereocenters. The zero-order chi connectivity index (χ0) is 12.4. The van der Waals surface area contributed by atoms with Crippen LogP contribution in [-0.2, 0) is 0 Å². The topological polar surface area (TPSA) is 38.5 Å². The number of nitrogens with zero attached hydrogens (tertiary/aromatic N) is 1. The molecule has 1 fully saturated rings. The van der Waals surface area contributed by atoms with Crippen molar-refractivity contribution in [1.82, 2.24) is 4.90 Å². The molecule has 94 valence electrons. The lowest BCUT2D eigenvalue weighted by Crippen LogP contribution is -2.26. The van der Waals surface area contributed by atoms with Crippen molar-refractivity contribution < 1.29 is 9.13 Å². The lowest BCUT2D eigenvalue weighted by atomic mass is 10.3. The standard InChI is InChI=1S/C12H16ClFN2O/c1-16(8-2-3-8)4-5-17-12-7-10(14)9(13)6-11(12)15/h6-8H,2-5,15H2,1H3. The maximum Gasteiger partial charge on any atom is 0.145 e. The molecule has 1 saturated carbocycles. The first kappa shape index (κ1) is 12.5. The molecule has 0 amide bonds. The van der Waals surface area contributed by atoms with Gasteiger partial charge in [0.15, 0.2) is 0 Å². The minimum absolute atomic E-state index is 0.0185. The molecule has 1 aliphatic carbocycles. The average molecular weight is 259 g/mol. The van der Waals surface area contributed by atoms with Crippen LogP contribution < -0.4 is 10.5 Å². The second-order valence-electron chi connectivity index (χ2n) is 4.36. The predicted molar refractivity (Wildman–Crippen MR) is 67.0 cm³/mol. The van der Waals surface area contributed by atoms with Crippen LogP contribution in [0.2, 0.25) is 5.02 Å². The molecule has 0 spiro atoms. The summed E-state index contributed by atoms with van der Waals surface area (Å²) >= 11 is 5.60. The van der Waals surface area contributed by atoms with Gasteiger partial charge in [0.2, 0.25) is 0 Å². The largest absolute Gasteiger partial charge is 0.490 e. The fourth-order valence-electron chi connectivity index (χ4n) is 1.67. The Kier molecular flexibility index (Phi) is 3.74. The van der Waals surface area contributed by atoms with Crippen molar-refractivity contribution in [3.63, 3.8) is 0 Å². The van der Waals surface area contributed by atoms with E-state index in [1.165, 1.54) is 25.0 Å². The van der Waals surface area contributed by atoms with Crippen LogP contribution in [0.4, 0.5) is 10.1 Å². The molecule has 0 atom stereocenters. The lowest BCUT2D eigenvalue weighted by Gasteiger charge is -2.16. The number of rotatable bonds is 5. The lowest BCUT2D eigenvalue weighted by molar-refractivity contribution is 0.232. The Morgan fingerprint density at radius 1 is 1.53 bits per heavy atom. The number of anilines is 1. The number of nitrogens with two attached hydrogens (primary N) is 1. The molecule has 17 heavy (non-hydrogen) atoms. The van der Waals surface area contributed by atoms with Crippen molar-refractivity contribution in [3.8, 4) is 5.75 Å². The molecule has 0 bridgehead atoms. The molecule has 0 aliphatic heterocycles. The summed E-state index contributed by atoms with van der Waals surface area (Å²) in [6.45, 7) is 1.31. The zero-order valence-electron chi connectivity index (χ0n) is 9.75. The third kappa shape index (κ3) is 3.23. The van der Waals surface area contributed by atoms with Gasteiger partial charge in [-0.05, 0) is 26.0 Å². The van der Waals surface area contributed by atoms with Gasteiger partial charge in [0.25, 0.3) is 0 Å². The molecule has 1 aliphatic rings. The van der Waals surface area contributed by atoms with Crippen LogP contribution in [0.5, 0.6) is 5.75 Å². The van der Waals surface area contributed by atoms with Crippen LogP contribution in [0.15, 0.2) is 12.1 Å². The van der Waals surface area contributed by atoms with E-state index in [9.17, 15) is 4.39 Å². The summed E-state index contributed by atoms with van der Waals surface area (Å²) in [5, 5.41) is 0.0185. The highest BCUT2D eigenvalue weighted by molar-refractivity contribution is 6.31. The van der Waals surface area contributed by atoms with Crippen molar-refractivity contribution in [1.29, 1.82) is 0 Å². The summed E-state index contributed by atoms with van der Waals surface area (Å²) in [5.41, 5.74) is 6.06. The number of benzene rings is 1. The quantitative estimate of drug-likeness (QED) is 0.825. The summed E-state index contributed by atoms with van der Waals surface area (Å²) < 4.78 is 18.7. The Balaban J connectivity index is 1.87. The Morgan fingerprint density at radius 2 is 2.24 bits per heavy atom. The second-order valence-corrected chi connectivity index (χ2v) is 4.77. The van der Waals surface area contributed by atoms with E-state index in [1.807, 2.05) is 0 Å². The van der Waals surface area contributed by atoms with Gasteiger partial charge >= 0.3 is 0 Å². The van der Waals surface area contributed by atoms with Crippen molar-refractivity contribution in [3.05, 3.63) is 23.0 Å². The minimum Gasteiger partial charge on any atom is -0.490 e. The summed E-state index contributed by atoms with van der Waals surface area (Å²) in [7, 11) is 2.06. The fourth-order valence-corrected chi connectivity index (χ4v) is 1.84. The number of halogens is 2. The first-order chi connectivity index (χ1) is 8.08. The van der Waals surface area contributed by atoms with Crippen LogP contribution >= 0.6 is 11.6 Å². The first-order valence-corrected chi connectivity index (χ1v) is 6.03. The van der Waals surface area contributed by atoms with Crippen molar-refractivity contribution in [2.24, 2.45) is 0 Å². The molecule has 2 rings (SSSR count). The van der Waals surface area contributed by atoms with Gasteiger partial charge in [-0.25, -0.2) is 4.39 Å². The maximum atomic E-state index is 13.2. The fraction of sp³-hybridized carbons (Fsp3) is 0.500. The van der Waals surface area contributed by atoms with Crippen molar-refractivity contribution in [2.45, 2.75) is 18.9 Å². The summed E-state index contributed by atoms with van der Waals surface area (Å²) in [5.74, 6) is -0.150. The van der Waals surface area contributed by atoms with Gasteiger partial charge in [-0.15, -0.1) is 0 Å². The second kappa shape index (κ2) is 5.10. The predicted octanol–water partition coefficient (Wildman–Crippen LogP) is 2.53. The highest BCUT2D eigenvalue weighted by atomic mass is 35.5. The minimum atomic E-state index is -0.508. The third-order valence-electron chi connectivity index (χ3n) is 2.92. The molecule has 2 N–H and O–H groups in total. The van der Waals surface area contributed by atoms with Crippen LogP contribution in [0.25, 0.3) is 0 Å². The highest BCUT2D eigenvalue weighted by Gasteiger charge is 2.25. The zero-order valence-corrected chi connectivity index (χ0v) is 10.5. The molecule has 3 nitrogen and oxygen atoms in total. The molecular formula is C12H16ClFN2O. The number of hydrogen-bond acceptors (Lipinski definition) is 3. The monoisotopic (exact) mass is 258 g/mol. The van der Waals surface area contributed by atoms with Gasteiger partial charge in [0.1, 0.15) is 18.2 Å². The maximum absolute atomic E-state index is 13.2. The number of hydrogen-bond donors (Lipinski definition) is 1. The van der Waals surface area contributed by atoms with Gasteiger partial charge < -0.3 is 15.4 Å². The van der Waals surface area contributed by atoms with E-state index in [-0.39, 0.29) is 5.02 Å². The summed E-state index contributed by atoms with van der Waals surface area (Å²) in [4.78, 5) is 2.24. The molecule has 1 aromatic carbocycles. The first-order valence-electron chi connectivity index (χ1n) is 5.65. The van der Waals surface area contributed by atoms with Crippen molar-refractivity contribution in [2.75, 3.05) is 25.9 Å². The summed E-state index contributed by atoms with van der Waals surface area (Å²) in [6, 6.07) is 3.30.